The predicted octanol–water partition coefficient (Wildman–Crippen LogP) is 5.32. The third-order valence-corrected chi connectivity index (χ3v) is 4.40. The van der Waals surface area contributed by atoms with Gasteiger partial charge in [-0.05, 0) is 47.2 Å². The SMILES string of the molecule is CCCNC(c1ccc2ccccc2c1)C(C)(C)CC. The van der Waals surface area contributed by atoms with Crippen LogP contribution in [0.15, 0.2) is 42.5 Å². The minimum atomic E-state index is 0.262. The molecule has 0 heterocycles. The summed E-state index contributed by atoms with van der Waals surface area (Å²) in [4.78, 5) is 0. The van der Waals surface area contributed by atoms with E-state index in [0.717, 1.165) is 6.54 Å². The molecule has 1 atom stereocenters. The van der Waals surface area contributed by atoms with Crippen molar-refractivity contribution in [3.63, 3.8) is 0 Å². The summed E-state index contributed by atoms with van der Waals surface area (Å²) >= 11 is 0. The third-order valence-electron chi connectivity index (χ3n) is 4.40. The molecule has 0 aliphatic carbocycles. The lowest BCUT2D eigenvalue weighted by molar-refractivity contribution is 0.235. The van der Waals surface area contributed by atoms with Crippen LogP contribution in [0.2, 0.25) is 0 Å². The first kappa shape index (κ1) is 15.1. The largest absolute Gasteiger partial charge is 0.309 e. The molecular formula is C19H27N. The third kappa shape index (κ3) is 3.21. The molecule has 0 fully saturated rings. The number of benzene rings is 2. The summed E-state index contributed by atoms with van der Waals surface area (Å²) in [7, 11) is 0. The molecule has 0 radical (unpaired) electrons. The van der Waals surface area contributed by atoms with Crippen LogP contribution >= 0.6 is 0 Å². The van der Waals surface area contributed by atoms with Crippen LogP contribution in [0.3, 0.4) is 0 Å². The lowest BCUT2D eigenvalue weighted by Gasteiger charge is -2.35. The fourth-order valence-corrected chi connectivity index (χ4v) is 2.73. The standard InChI is InChI=1S/C19H27N/c1-5-13-20-18(19(3,4)6-2)17-12-11-15-9-7-8-10-16(15)14-17/h7-12,14,18,20H,5-6,13H2,1-4H3. The van der Waals surface area contributed by atoms with Gasteiger partial charge in [0.25, 0.3) is 0 Å². The molecule has 0 saturated heterocycles. The van der Waals surface area contributed by atoms with Crippen molar-refractivity contribution in [3.8, 4) is 0 Å². The lowest BCUT2D eigenvalue weighted by Crippen LogP contribution is -2.34. The molecule has 1 N–H and O–H groups in total. The fraction of sp³-hybridized carbons (Fsp3) is 0.474. The van der Waals surface area contributed by atoms with Gasteiger partial charge < -0.3 is 5.32 Å². The Morgan fingerprint density at radius 3 is 2.35 bits per heavy atom. The predicted molar refractivity (Wildman–Crippen MR) is 89.1 cm³/mol. The first-order chi connectivity index (χ1) is 9.58. The molecular weight excluding hydrogens is 242 g/mol. The van der Waals surface area contributed by atoms with Crippen molar-refractivity contribution in [2.75, 3.05) is 6.54 Å². The Labute approximate surface area is 123 Å². The molecule has 0 aromatic heterocycles. The first-order valence-electron chi connectivity index (χ1n) is 7.80. The van der Waals surface area contributed by atoms with Crippen LogP contribution in [0.25, 0.3) is 10.8 Å². The summed E-state index contributed by atoms with van der Waals surface area (Å²) in [5.74, 6) is 0. The van der Waals surface area contributed by atoms with E-state index in [-0.39, 0.29) is 5.41 Å². The molecule has 2 rings (SSSR count). The Hall–Kier alpha value is -1.34. The maximum Gasteiger partial charge on any atom is 0.0371 e. The average molecular weight is 269 g/mol. The second-order valence-electron chi connectivity index (χ2n) is 6.34. The van der Waals surface area contributed by atoms with Gasteiger partial charge in [-0.15, -0.1) is 0 Å². The van der Waals surface area contributed by atoms with Crippen molar-refractivity contribution < 1.29 is 0 Å². The van der Waals surface area contributed by atoms with Crippen LogP contribution in [-0.4, -0.2) is 6.54 Å². The molecule has 0 spiro atoms. The normalized spacial score (nSPS) is 13.6. The van der Waals surface area contributed by atoms with Crippen molar-refractivity contribution in [1.29, 1.82) is 0 Å². The van der Waals surface area contributed by atoms with E-state index in [1.54, 1.807) is 0 Å². The smallest absolute Gasteiger partial charge is 0.0371 e. The van der Waals surface area contributed by atoms with Gasteiger partial charge in [0.05, 0.1) is 0 Å². The minimum Gasteiger partial charge on any atom is -0.309 e. The highest BCUT2D eigenvalue weighted by Gasteiger charge is 2.28. The maximum absolute atomic E-state index is 3.74. The first-order valence-corrected chi connectivity index (χ1v) is 7.80. The molecule has 108 valence electrons. The molecule has 0 aliphatic rings. The lowest BCUT2D eigenvalue weighted by atomic mass is 9.78. The van der Waals surface area contributed by atoms with Gasteiger partial charge >= 0.3 is 0 Å². The van der Waals surface area contributed by atoms with Crippen LogP contribution in [0.5, 0.6) is 0 Å². The molecule has 0 saturated carbocycles. The van der Waals surface area contributed by atoms with Crippen LogP contribution in [0.1, 0.15) is 52.1 Å². The number of hydrogen-bond acceptors (Lipinski definition) is 1. The van der Waals surface area contributed by atoms with Gasteiger partial charge in [0, 0.05) is 6.04 Å². The highest BCUT2D eigenvalue weighted by Crippen LogP contribution is 2.37. The van der Waals surface area contributed by atoms with Crippen molar-refractivity contribution >= 4 is 10.8 Å². The van der Waals surface area contributed by atoms with Crippen molar-refractivity contribution in [2.45, 2.75) is 46.6 Å². The van der Waals surface area contributed by atoms with E-state index in [0.29, 0.717) is 6.04 Å². The zero-order chi connectivity index (χ0) is 14.6. The van der Waals surface area contributed by atoms with E-state index in [1.807, 2.05) is 0 Å². The molecule has 1 nitrogen and oxygen atoms in total. The van der Waals surface area contributed by atoms with Gasteiger partial charge in [-0.2, -0.15) is 0 Å². The van der Waals surface area contributed by atoms with Gasteiger partial charge in [0.1, 0.15) is 0 Å². The summed E-state index contributed by atoms with van der Waals surface area (Å²) in [5, 5.41) is 6.39. The van der Waals surface area contributed by atoms with E-state index in [4.69, 9.17) is 0 Å². The molecule has 0 aliphatic heterocycles. The summed E-state index contributed by atoms with van der Waals surface area (Å²) in [6, 6.07) is 15.9. The monoisotopic (exact) mass is 269 g/mol. The van der Waals surface area contributed by atoms with Gasteiger partial charge in [-0.3, -0.25) is 0 Å². The Morgan fingerprint density at radius 1 is 1.00 bits per heavy atom. The summed E-state index contributed by atoms with van der Waals surface area (Å²) < 4.78 is 0. The van der Waals surface area contributed by atoms with Crippen molar-refractivity contribution in [1.82, 2.24) is 5.32 Å². The van der Waals surface area contributed by atoms with Gasteiger partial charge in [0.2, 0.25) is 0 Å². The fourth-order valence-electron chi connectivity index (χ4n) is 2.73. The second-order valence-corrected chi connectivity index (χ2v) is 6.34. The highest BCUT2D eigenvalue weighted by molar-refractivity contribution is 5.83. The Bertz CT molecular complexity index is 556. The van der Waals surface area contributed by atoms with E-state index in [1.165, 1.54) is 29.2 Å². The Kier molecular flexibility index (Phi) is 4.82. The number of nitrogens with one attached hydrogen (secondary N) is 1. The minimum absolute atomic E-state index is 0.262. The average Bonchev–Trinajstić information content (AvgIpc) is 2.47. The molecule has 1 unspecified atom stereocenters. The van der Waals surface area contributed by atoms with E-state index >= 15 is 0 Å². The van der Waals surface area contributed by atoms with Gasteiger partial charge in [0.15, 0.2) is 0 Å². The molecule has 0 bridgehead atoms. The number of rotatable bonds is 6. The second kappa shape index (κ2) is 6.41. The molecule has 0 amide bonds. The molecule has 20 heavy (non-hydrogen) atoms. The molecule has 1 heteroatoms. The zero-order valence-electron chi connectivity index (χ0n) is 13.2. The van der Waals surface area contributed by atoms with E-state index in [9.17, 15) is 0 Å². The van der Waals surface area contributed by atoms with Crippen LogP contribution in [0.4, 0.5) is 0 Å². The highest BCUT2D eigenvalue weighted by atomic mass is 14.9. The Balaban J connectivity index is 2.39. The number of fused-ring (bicyclic) bond motifs is 1. The van der Waals surface area contributed by atoms with E-state index < -0.39 is 0 Å². The van der Waals surface area contributed by atoms with Crippen LogP contribution in [0, 0.1) is 5.41 Å². The van der Waals surface area contributed by atoms with Gasteiger partial charge in [-0.1, -0.05) is 64.1 Å². The van der Waals surface area contributed by atoms with E-state index in [2.05, 4.69) is 75.5 Å². The quantitative estimate of drug-likeness (QED) is 0.748. The topological polar surface area (TPSA) is 12.0 Å². The Morgan fingerprint density at radius 2 is 1.70 bits per heavy atom. The van der Waals surface area contributed by atoms with Crippen molar-refractivity contribution in [2.24, 2.45) is 5.41 Å². The number of hydrogen-bond donors (Lipinski definition) is 1. The van der Waals surface area contributed by atoms with Crippen LogP contribution in [-0.2, 0) is 0 Å². The zero-order valence-corrected chi connectivity index (χ0v) is 13.2. The van der Waals surface area contributed by atoms with Gasteiger partial charge in [-0.25, -0.2) is 0 Å². The summed E-state index contributed by atoms with van der Waals surface area (Å²) in [6.45, 7) is 10.3. The summed E-state index contributed by atoms with van der Waals surface area (Å²) in [5.41, 5.74) is 1.67. The molecule has 2 aromatic rings. The van der Waals surface area contributed by atoms with Crippen molar-refractivity contribution in [3.05, 3.63) is 48.0 Å². The maximum atomic E-state index is 3.74. The molecule has 2 aromatic carbocycles. The van der Waals surface area contributed by atoms with Crippen LogP contribution < -0.4 is 5.32 Å². The summed E-state index contributed by atoms with van der Waals surface area (Å²) in [6.07, 6.45) is 2.34.